The van der Waals surface area contributed by atoms with Gasteiger partial charge in [-0.05, 0) is 44.7 Å². The second-order valence-electron chi connectivity index (χ2n) is 5.32. The molecule has 0 atom stereocenters. The van der Waals surface area contributed by atoms with Crippen LogP contribution in [0.1, 0.15) is 43.1 Å². The number of nitrogens with zero attached hydrogens (tertiary/aromatic N) is 1. The molecule has 21 heavy (non-hydrogen) atoms. The first kappa shape index (κ1) is 15.3. The molecule has 2 rings (SSSR count). The summed E-state index contributed by atoms with van der Waals surface area (Å²) in [7, 11) is 0. The van der Waals surface area contributed by atoms with Crippen LogP contribution < -0.4 is 10.6 Å². The Bertz CT molecular complexity index is 511. The maximum absolute atomic E-state index is 11.7. The fourth-order valence-corrected chi connectivity index (χ4v) is 2.62. The van der Waals surface area contributed by atoms with Crippen LogP contribution >= 0.6 is 0 Å². The minimum Gasteiger partial charge on any atom is -0.481 e. The summed E-state index contributed by atoms with van der Waals surface area (Å²) in [4.78, 5) is 26.7. The number of carboxylic acids is 1. The van der Waals surface area contributed by atoms with Crippen molar-refractivity contribution < 1.29 is 14.7 Å². The highest BCUT2D eigenvalue weighted by molar-refractivity contribution is 5.93. The van der Waals surface area contributed by atoms with Gasteiger partial charge in [-0.1, -0.05) is 0 Å². The quantitative estimate of drug-likeness (QED) is 0.770. The molecule has 0 radical (unpaired) electrons. The maximum atomic E-state index is 11.7. The van der Waals surface area contributed by atoms with Crippen LogP contribution in [0, 0.1) is 5.92 Å². The lowest BCUT2D eigenvalue weighted by molar-refractivity contribution is -0.142. The molecule has 0 spiro atoms. The molecular weight excluding hydrogens is 270 g/mol. The Morgan fingerprint density at radius 1 is 1.33 bits per heavy atom. The van der Waals surface area contributed by atoms with Gasteiger partial charge in [-0.2, -0.15) is 0 Å². The largest absolute Gasteiger partial charge is 0.481 e. The third-order valence-electron chi connectivity index (χ3n) is 3.78. The van der Waals surface area contributed by atoms with Crippen molar-refractivity contribution in [2.24, 2.45) is 5.92 Å². The molecule has 1 aromatic heterocycles. The van der Waals surface area contributed by atoms with E-state index in [1.807, 2.05) is 13.0 Å². The number of carboxylic acid groups (broad SMARTS) is 1. The van der Waals surface area contributed by atoms with Crippen molar-refractivity contribution in [1.82, 2.24) is 10.3 Å². The van der Waals surface area contributed by atoms with E-state index in [0.29, 0.717) is 25.1 Å². The molecule has 0 aromatic carbocycles. The lowest BCUT2D eigenvalue weighted by atomic mass is 9.86. The lowest BCUT2D eigenvalue weighted by Crippen LogP contribution is -2.29. The van der Waals surface area contributed by atoms with E-state index in [0.717, 1.165) is 18.5 Å². The summed E-state index contributed by atoms with van der Waals surface area (Å²) in [5.74, 6) is -1.10. The number of aromatic nitrogens is 1. The third-order valence-corrected chi connectivity index (χ3v) is 3.78. The first-order chi connectivity index (χ1) is 10.1. The zero-order chi connectivity index (χ0) is 15.2. The Hall–Kier alpha value is -2.11. The van der Waals surface area contributed by atoms with E-state index < -0.39 is 5.97 Å². The predicted molar refractivity (Wildman–Crippen MR) is 79.2 cm³/mol. The number of rotatable bonds is 5. The molecule has 1 amide bonds. The number of hydrogen-bond donors (Lipinski definition) is 3. The van der Waals surface area contributed by atoms with Crippen LogP contribution in [0.25, 0.3) is 0 Å². The molecule has 1 fully saturated rings. The third kappa shape index (κ3) is 4.18. The molecule has 0 unspecified atom stereocenters. The van der Waals surface area contributed by atoms with Crippen LogP contribution in [0.4, 0.5) is 5.69 Å². The highest BCUT2D eigenvalue weighted by atomic mass is 16.4. The molecule has 0 aliphatic heterocycles. The molecule has 0 bridgehead atoms. The second kappa shape index (κ2) is 7.06. The fraction of sp³-hybridized carbons (Fsp3) is 0.533. The number of nitrogens with one attached hydrogen (secondary N) is 2. The summed E-state index contributed by atoms with van der Waals surface area (Å²) >= 11 is 0. The van der Waals surface area contributed by atoms with Crippen LogP contribution in [0.2, 0.25) is 0 Å². The molecule has 0 saturated heterocycles. The summed E-state index contributed by atoms with van der Waals surface area (Å²) < 4.78 is 0. The van der Waals surface area contributed by atoms with Crippen molar-refractivity contribution in [2.75, 3.05) is 11.9 Å². The van der Waals surface area contributed by atoms with E-state index in [1.54, 1.807) is 12.3 Å². The number of hydrogen-bond acceptors (Lipinski definition) is 4. The standard InChI is InChI=1S/C15H21N3O3/c1-2-16-14(19)13-9-12(7-8-17-13)18-11-5-3-10(4-6-11)15(20)21/h7-11H,2-6H2,1H3,(H,16,19)(H,17,18)(H,20,21). The van der Waals surface area contributed by atoms with E-state index in [9.17, 15) is 9.59 Å². The zero-order valence-electron chi connectivity index (χ0n) is 12.1. The summed E-state index contributed by atoms with van der Waals surface area (Å²) in [5, 5.41) is 15.1. The van der Waals surface area contributed by atoms with Crippen LogP contribution in [0.3, 0.4) is 0 Å². The maximum Gasteiger partial charge on any atom is 0.306 e. The first-order valence-electron chi connectivity index (χ1n) is 7.33. The molecule has 1 aliphatic carbocycles. The summed E-state index contributed by atoms with van der Waals surface area (Å²) in [6.07, 6.45) is 4.66. The van der Waals surface area contributed by atoms with E-state index in [4.69, 9.17) is 5.11 Å². The van der Waals surface area contributed by atoms with Crippen molar-refractivity contribution >= 4 is 17.6 Å². The Labute approximate surface area is 124 Å². The van der Waals surface area contributed by atoms with Crippen molar-refractivity contribution in [3.63, 3.8) is 0 Å². The highest BCUT2D eigenvalue weighted by Gasteiger charge is 2.25. The highest BCUT2D eigenvalue weighted by Crippen LogP contribution is 2.26. The fourth-order valence-electron chi connectivity index (χ4n) is 2.62. The lowest BCUT2D eigenvalue weighted by Gasteiger charge is -2.27. The summed E-state index contributed by atoms with van der Waals surface area (Å²) in [6, 6.07) is 3.81. The molecule has 1 saturated carbocycles. The van der Waals surface area contributed by atoms with Gasteiger partial charge in [0.05, 0.1) is 5.92 Å². The minimum absolute atomic E-state index is 0.185. The number of carbonyl (C=O) groups excluding carboxylic acids is 1. The normalized spacial score (nSPS) is 21.6. The Morgan fingerprint density at radius 3 is 2.67 bits per heavy atom. The SMILES string of the molecule is CCNC(=O)c1cc(NC2CCC(C(=O)O)CC2)ccn1. The smallest absolute Gasteiger partial charge is 0.306 e. The number of anilines is 1. The van der Waals surface area contributed by atoms with Gasteiger partial charge in [0.25, 0.3) is 5.91 Å². The second-order valence-corrected chi connectivity index (χ2v) is 5.32. The van der Waals surface area contributed by atoms with Gasteiger partial charge >= 0.3 is 5.97 Å². The molecular formula is C15H21N3O3. The van der Waals surface area contributed by atoms with Crippen molar-refractivity contribution in [2.45, 2.75) is 38.6 Å². The van der Waals surface area contributed by atoms with Crippen molar-refractivity contribution in [1.29, 1.82) is 0 Å². The van der Waals surface area contributed by atoms with Crippen LogP contribution in [0.15, 0.2) is 18.3 Å². The minimum atomic E-state index is -0.698. The van der Waals surface area contributed by atoms with E-state index in [2.05, 4.69) is 15.6 Å². The number of carbonyl (C=O) groups is 2. The predicted octanol–water partition coefficient (Wildman–Crippen LogP) is 1.89. The van der Waals surface area contributed by atoms with E-state index >= 15 is 0 Å². The van der Waals surface area contributed by atoms with Gasteiger partial charge < -0.3 is 15.7 Å². The van der Waals surface area contributed by atoms with Gasteiger partial charge in [-0.3, -0.25) is 14.6 Å². The van der Waals surface area contributed by atoms with Gasteiger partial charge in [0, 0.05) is 24.5 Å². The molecule has 6 nitrogen and oxygen atoms in total. The molecule has 114 valence electrons. The van der Waals surface area contributed by atoms with Gasteiger partial charge in [0.15, 0.2) is 0 Å². The van der Waals surface area contributed by atoms with Gasteiger partial charge in [-0.25, -0.2) is 0 Å². The molecule has 1 aromatic rings. The average molecular weight is 291 g/mol. The topological polar surface area (TPSA) is 91.3 Å². The van der Waals surface area contributed by atoms with Gasteiger partial charge in [0.2, 0.25) is 0 Å². The monoisotopic (exact) mass is 291 g/mol. The average Bonchev–Trinajstić information content (AvgIpc) is 2.48. The number of pyridine rings is 1. The van der Waals surface area contributed by atoms with Crippen LogP contribution in [-0.2, 0) is 4.79 Å². The molecule has 6 heteroatoms. The van der Waals surface area contributed by atoms with E-state index in [-0.39, 0.29) is 17.9 Å². The Balaban J connectivity index is 1.93. The first-order valence-corrected chi connectivity index (χ1v) is 7.33. The molecule has 3 N–H and O–H groups in total. The summed E-state index contributed by atoms with van der Waals surface area (Å²) in [6.45, 7) is 2.43. The van der Waals surface area contributed by atoms with Crippen molar-refractivity contribution in [3.05, 3.63) is 24.0 Å². The zero-order valence-corrected chi connectivity index (χ0v) is 12.1. The van der Waals surface area contributed by atoms with Gasteiger partial charge in [-0.15, -0.1) is 0 Å². The van der Waals surface area contributed by atoms with Crippen LogP contribution in [-0.4, -0.2) is 34.6 Å². The molecule has 1 heterocycles. The Kier molecular flexibility index (Phi) is 5.14. The summed E-state index contributed by atoms with van der Waals surface area (Å²) in [5.41, 5.74) is 1.24. The molecule has 1 aliphatic rings. The van der Waals surface area contributed by atoms with Crippen LogP contribution in [0.5, 0.6) is 0 Å². The number of amides is 1. The van der Waals surface area contributed by atoms with Gasteiger partial charge in [0.1, 0.15) is 5.69 Å². The number of aliphatic carboxylic acids is 1. The van der Waals surface area contributed by atoms with Crippen molar-refractivity contribution in [3.8, 4) is 0 Å². The Morgan fingerprint density at radius 2 is 2.05 bits per heavy atom. The van der Waals surface area contributed by atoms with E-state index in [1.165, 1.54) is 0 Å².